The number of hydrogen-bond donors (Lipinski definition) is 1. The highest BCUT2D eigenvalue weighted by atomic mass is 35.5. The molecule has 1 atom stereocenters. The summed E-state index contributed by atoms with van der Waals surface area (Å²) in [6, 6.07) is 13.4. The van der Waals surface area contributed by atoms with Crippen molar-refractivity contribution in [1.82, 2.24) is 5.32 Å². The van der Waals surface area contributed by atoms with Crippen molar-refractivity contribution in [2.45, 2.75) is 39.5 Å². The highest BCUT2D eigenvalue weighted by molar-refractivity contribution is 6.30. The molecule has 0 spiro atoms. The lowest BCUT2D eigenvalue weighted by molar-refractivity contribution is -0.118. The third-order valence-corrected chi connectivity index (χ3v) is 5.62. The maximum absolute atomic E-state index is 13.0. The van der Waals surface area contributed by atoms with Crippen molar-refractivity contribution in [3.05, 3.63) is 69.7 Å². The van der Waals surface area contributed by atoms with E-state index in [0.717, 1.165) is 23.4 Å². The van der Waals surface area contributed by atoms with Crippen LogP contribution in [0, 0.1) is 16.7 Å². The predicted molar refractivity (Wildman–Crippen MR) is 108 cm³/mol. The third kappa shape index (κ3) is 3.16. The predicted octanol–water partition coefficient (Wildman–Crippen LogP) is 5.73. The number of dihydropyridines is 1. The Bertz CT molecular complexity index is 1080. The van der Waals surface area contributed by atoms with Gasteiger partial charge in [0.15, 0.2) is 5.78 Å². The fourth-order valence-electron chi connectivity index (χ4n) is 4.17. The summed E-state index contributed by atoms with van der Waals surface area (Å²) in [6.45, 7) is 6.06. The number of furan rings is 1. The second-order valence-electron chi connectivity index (χ2n) is 8.25. The molecule has 0 saturated heterocycles. The molecule has 4 nitrogen and oxygen atoms in total. The molecule has 1 aliphatic heterocycles. The Morgan fingerprint density at radius 3 is 2.75 bits per heavy atom. The van der Waals surface area contributed by atoms with E-state index in [1.54, 1.807) is 6.07 Å². The molecule has 2 heterocycles. The van der Waals surface area contributed by atoms with Crippen LogP contribution >= 0.6 is 11.6 Å². The smallest absolute Gasteiger partial charge is 0.162 e. The van der Waals surface area contributed by atoms with E-state index in [-0.39, 0.29) is 11.2 Å². The van der Waals surface area contributed by atoms with Crippen LogP contribution in [0.4, 0.5) is 0 Å². The molecule has 2 aromatic rings. The molecular weight excluding hydrogens is 372 g/mol. The van der Waals surface area contributed by atoms with Gasteiger partial charge in [-0.1, -0.05) is 37.6 Å². The van der Waals surface area contributed by atoms with Crippen LogP contribution in [0.15, 0.2) is 63.4 Å². The number of nitrogens with zero attached hydrogens (tertiary/aromatic N) is 1. The number of nitriles is 1. The van der Waals surface area contributed by atoms with E-state index in [9.17, 15) is 10.1 Å². The molecule has 1 N–H and O–H groups in total. The molecule has 142 valence electrons. The van der Waals surface area contributed by atoms with Gasteiger partial charge >= 0.3 is 0 Å². The van der Waals surface area contributed by atoms with Gasteiger partial charge in [0.1, 0.15) is 11.5 Å². The highest BCUT2D eigenvalue weighted by Crippen LogP contribution is 2.47. The first-order chi connectivity index (χ1) is 13.3. The normalized spacial score (nSPS) is 21.2. The molecule has 1 aliphatic carbocycles. The van der Waals surface area contributed by atoms with Gasteiger partial charge in [-0.15, -0.1) is 0 Å². The number of hydrogen-bond acceptors (Lipinski definition) is 4. The first kappa shape index (κ1) is 18.6. The van der Waals surface area contributed by atoms with Crippen LogP contribution in [0.2, 0.25) is 5.02 Å². The molecule has 0 saturated carbocycles. The summed E-state index contributed by atoms with van der Waals surface area (Å²) in [5, 5.41) is 13.7. The average Bonchev–Trinajstić information content (AvgIpc) is 3.09. The first-order valence-electron chi connectivity index (χ1n) is 9.29. The van der Waals surface area contributed by atoms with Crippen molar-refractivity contribution in [1.29, 1.82) is 5.26 Å². The Morgan fingerprint density at radius 1 is 1.25 bits per heavy atom. The van der Waals surface area contributed by atoms with Crippen LogP contribution in [0.25, 0.3) is 11.3 Å². The maximum Gasteiger partial charge on any atom is 0.162 e. The molecule has 2 aliphatic rings. The van der Waals surface area contributed by atoms with Gasteiger partial charge in [0.25, 0.3) is 0 Å². The van der Waals surface area contributed by atoms with Crippen molar-refractivity contribution in [2.75, 3.05) is 0 Å². The van der Waals surface area contributed by atoms with Gasteiger partial charge in [-0.25, -0.2) is 0 Å². The largest absolute Gasteiger partial charge is 0.460 e. The van der Waals surface area contributed by atoms with E-state index >= 15 is 0 Å². The number of allylic oxidation sites excluding steroid dienone is 4. The maximum atomic E-state index is 13.0. The van der Waals surface area contributed by atoms with Crippen LogP contribution in [-0.2, 0) is 4.79 Å². The number of carbonyl (C=O) groups is 1. The fraction of sp³-hybridized carbons (Fsp3) is 0.304. The Balaban J connectivity index is 1.82. The van der Waals surface area contributed by atoms with Crippen molar-refractivity contribution in [2.24, 2.45) is 5.41 Å². The number of rotatable bonds is 2. The zero-order valence-electron chi connectivity index (χ0n) is 16.1. The lowest BCUT2D eigenvalue weighted by Crippen LogP contribution is -2.36. The molecule has 1 aromatic heterocycles. The lowest BCUT2D eigenvalue weighted by atomic mass is 9.70. The third-order valence-electron chi connectivity index (χ3n) is 5.38. The Labute approximate surface area is 169 Å². The van der Waals surface area contributed by atoms with E-state index in [4.69, 9.17) is 16.0 Å². The van der Waals surface area contributed by atoms with Gasteiger partial charge in [-0.3, -0.25) is 4.79 Å². The summed E-state index contributed by atoms with van der Waals surface area (Å²) in [7, 11) is 0. The summed E-state index contributed by atoms with van der Waals surface area (Å²) in [5.41, 5.74) is 3.62. The number of Topliss-reactive ketones (excluding diaryl/α,β-unsaturated/α-hetero) is 1. The summed E-state index contributed by atoms with van der Waals surface area (Å²) in [6.07, 6.45) is 1.23. The molecule has 0 bridgehead atoms. The number of halogens is 1. The molecule has 1 unspecified atom stereocenters. The standard InChI is InChI=1S/C23H21ClN2O2/c1-13-16(12-25)21(22-17(26-13)10-23(2,3)11-18(22)27)20-8-7-19(28-20)14-5-4-6-15(24)9-14/h4-9,21,26H,10-11H2,1-3H3. The molecule has 1 aromatic carbocycles. The topological polar surface area (TPSA) is 66.0 Å². The summed E-state index contributed by atoms with van der Waals surface area (Å²) < 4.78 is 6.14. The van der Waals surface area contributed by atoms with Crippen molar-refractivity contribution < 1.29 is 9.21 Å². The lowest BCUT2D eigenvalue weighted by Gasteiger charge is -2.38. The highest BCUT2D eigenvalue weighted by Gasteiger charge is 2.42. The van der Waals surface area contributed by atoms with Crippen LogP contribution in [0.5, 0.6) is 0 Å². The van der Waals surface area contributed by atoms with Crippen molar-refractivity contribution in [3.63, 3.8) is 0 Å². The van der Waals surface area contributed by atoms with Crippen LogP contribution in [-0.4, -0.2) is 5.78 Å². The van der Waals surface area contributed by atoms with E-state index in [0.29, 0.717) is 34.1 Å². The Hall–Kier alpha value is -2.77. The second kappa shape index (κ2) is 6.68. The van der Waals surface area contributed by atoms with Crippen LogP contribution in [0.1, 0.15) is 45.3 Å². The Morgan fingerprint density at radius 2 is 2.04 bits per heavy atom. The summed E-state index contributed by atoms with van der Waals surface area (Å²) >= 11 is 6.10. The quantitative estimate of drug-likeness (QED) is 0.708. The number of nitrogens with one attached hydrogen (secondary N) is 1. The number of benzene rings is 1. The zero-order valence-corrected chi connectivity index (χ0v) is 16.9. The van der Waals surface area contributed by atoms with E-state index in [1.807, 2.05) is 37.3 Å². The minimum Gasteiger partial charge on any atom is -0.460 e. The molecule has 5 heteroatoms. The van der Waals surface area contributed by atoms with Gasteiger partial charge in [0, 0.05) is 34.0 Å². The van der Waals surface area contributed by atoms with Gasteiger partial charge in [-0.05, 0) is 43.0 Å². The van der Waals surface area contributed by atoms with E-state index in [2.05, 4.69) is 25.2 Å². The molecule has 0 amide bonds. The number of ketones is 1. The first-order valence-corrected chi connectivity index (χ1v) is 9.67. The molecular formula is C23H21ClN2O2. The van der Waals surface area contributed by atoms with Crippen molar-refractivity contribution in [3.8, 4) is 17.4 Å². The Kier molecular flexibility index (Phi) is 4.44. The van der Waals surface area contributed by atoms with Gasteiger partial charge < -0.3 is 9.73 Å². The van der Waals surface area contributed by atoms with E-state index < -0.39 is 5.92 Å². The van der Waals surface area contributed by atoms with Gasteiger partial charge in [0.2, 0.25) is 0 Å². The second-order valence-corrected chi connectivity index (χ2v) is 8.69. The van der Waals surface area contributed by atoms with E-state index in [1.165, 1.54) is 0 Å². The zero-order chi connectivity index (χ0) is 20.1. The molecule has 0 fully saturated rings. The monoisotopic (exact) mass is 392 g/mol. The minimum atomic E-state index is -0.474. The van der Waals surface area contributed by atoms with Crippen LogP contribution < -0.4 is 5.32 Å². The summed E-state index contributed by atoms with van der Waals surface area (Å²) in [5.74, 6) is 0.868. The van der Waals surface area contributed by atoms with Crippen molar-refractivity contribution >= 4 is 17.4 Å². The molecule has 4 rings (SSSR count). The summed E-state index contributed by atoms with van der Waals surface area (Å²) in [4.78, 5) is 13.0. The molecule has 28 heavy (non-hydrogen) atoms. The number of carbonyl (C=O) groups excluding carboxylic acids is 1. The SMILES string of the molecule is CC1=C(C#N)C(c2ccc(-c3cccc(Cl)c3)o2)C2=C(CC(C)(C)CC2=O)N1. The minimum absolute atomic E-state index is 0.0738. The van der Waals surface area contributed by atoms with Gasteiger partial charge in [-0.2, -0.15) is 5.26 Å². The van der Waals surface area contributed by atoms with Gasteiger partial charge in [0.05, 0.1) is 17.6 Å². The molecule has 0 radical (unpaired) electrons. The average molecular weight is 393 g/mol. The fourth-order valence-corrected chi connectivity index (χ4v) is 4.36. The van der Waals surface area contributed by atoms with Crippen LogP contribution in [0.3, 0.4) is 0 Å².